The fraction of sp³-hybridized carbons (Fsp3) is 0.588. The number of carboxylic acid groups (broad SMARTS) is 1. The smallest absolute Gasteiger partial charge is 0.330 e. The van der Waals surface area contributed by atoms with Crippen LogP contribution in [0.1, 0.15) is 52.4 Å². The lowest BCUT2D eigenvalue weighted by molar-refractivity contribution is -0.291. The van der Waals surface area contributed by atoms with E-state index in [1.165, 1.54) is 19.1 Å². The number of hydrogen-bond donors (Lipinski definition) is 5. The van der Waals surface area contributed by atoms with Crippen LogP contribution < -0.4 is 0 Å². The number of allylic oxidation sites excluding steroid dienone is 6. The van der Waals surface area contributed by atoms with Gasteiger partial charge >= 0.3 is 11.9 Å². The second kappa shape index (κ2) is 16.2. The number of cyclic esters (lactones) is 1. The predicted octanol–water partition coefficient (Wildman–Crippen LogP) is 1.23. The molecular formula is C34H44O13. The van der Waals surface area contributed by atoms with E-state index in [1.54, 1.807) is 49.5 Å². The highest BCUT2D eigenvalue weighted by atomic mass is 16.6. The molecule has 1 aliphatic carbocycles. The summed E-state index contributed by atoms with van der Waals surface area (Å²) >= 11 is 0. The van der Waals surface area contributed by atoms with Crippen molar-refractivity contribution < 1.29 is 63.7 Å². The lowest BCUT2D eigenvalue weighted by atomic mass is 9.82. The molecule has 3 fully saturated rings. The SMILES string of the molecule is CC1C/C=C/C=C/C=C/C=C/[C@H](O[C@@H]2CC(O)[C@@H](O)[C@@H](C)C2=O)CC2OC(O)(CC(=O)CC3OC3/C=C/C(=O)O1)C[C@H](O)C2C(=O)O. The Morgan fingerprint density at radius 3 is 2.36 bits per heavy atom. The van der Waals surface area contributed by atoms with Gasteiger partial charge in [0, 0.05) is 44.1 Å². The fourth-order valence-corrected chi connectivity index (χ4v) is 6.10. The highest BCUT2D eigenvalue weighted by Gasteiger charge is 2.51. The second-order valence-electron chi connectivity index (χ2n) is 12.6. The molecule has 2 saturated heterocycles. The van der Waals surface area contributed by atoms with Crippen LogP contribution in [0.5, 0.6) is 0 Å². The highest BCUT2D eigenvalue weighted by molar-refractivity contribution is 5.86. The first-order chi connectivity index (χ1) is 22.3. The summed E-state index contributed by atoms with van der Waals surface area (Å²) in [5.41, 5.74) is 0. The lowest BCUT2D eigenvalue weighted by Gasteiger charge is -2.44. The molecule has 7 unspecified atom stereocenters. The summed E-state index contributed by atoms with van der Waals surface area (Å²) in [6.07, 6.45) is 6.24. The number of aliphatic hydroxyl groups excluding tert-OH is 3. The maximum atomic E-state index is 12.9. The molecular weight excluding hydrogens is 616 g/mol. The Hall–Kier alpha value is -3.30. The van der Waals surface area contributed by atoms with Crippen LogP contribution in [0, 0.1) is 11.8 Å². The van der Waals surface area contributed by atoms with Crippen LogP contribution in [0.4, 0.5) is 0 Å². The molecule has 3 heterocycles. The molecule has 2 bridgehead atoms. The largest absolute Gasteiger partial charge is 0.481 e. The molecule has 13 heteroatoms. The van der Waals surface area contributed by atoms with Gasteiger partial charge in [0.1, 0.15) is 30.0 Å². The van der Waals surface area contributed by atoms with Gasteiger partial charge in [-0.25, -0.2) is 4.79 Å². The third kappa shape index (κ3) is 10.3. The third-order valence-corrected chi connectivity index (χ3v) is 8.68. The Morgan fingerprint density at radius 1 is 0.936 bits per heavy atom. The summed E-state index contributed by atoms with van der Waals surface area (Å²) < 4.78 is 22.7. The van der Waals surface area contributed by atoms with Gasteiger partial charge in [-0.15, -0.1) is 0 Å². The Balaban J connectivity index is 1.59. The molecule has 0 aromatic heterocycles. The van der Waals surface area contributed by atoms with Gasteiger partial charge in [-0.1, -0.05) is 55.5 Å². The molecule has 12 atom stereocenters. The van der Waals surface area contributed by atoms with Gasteiger partial charge < -0.3 is 44.5 Å². The van der Waals surface area contributed by atoms with Crippen LogP contribution in [0.25, 0.3) is 0 Å². The van der Waals surface area contributed by atoms with Crippen molar-refractivity contribution in [1.82, 2.24) is 0 Å². The number of carbonyl (C=O) groups excluding carboxylic acids is 3. The van der Waals surface area contributed by atoms with Crippen molar-refractivity contribution in [2.75, 3.05) is 0 Å². The second-order valence-corrected chi connectivity index (χ2v) is 12.6. The van der Waals surface area contributed by atoms with Crippen molar-refractivity contribution in [1.29, 1.82) is 0 Å². The Bertz CT molecular complexity index is 1300. The highest BCUT2D eigenvalue weighted by Crippen LogP contribution is 2.38. The number of aliphatic carboxylic acids is 1. The van der Waals surface area contributed by atoms with E-state index in [0.717, 1.165) is 0 Å². The molecule has 47 heavy (non-hydrogen) atoms. The van der Waals surface area contributed by atoms with Gasteiger partial charge in [-0.3, -0.25) is 14.4 Å². The van der Waals surface area contributed by atoms with Crippen LogP contribution in [0.3, 0.4) is 0 Å². The number of hydrogen-bond acceptors (Lipinski definition) is 12. The summed E-state index contributed by atoms with van der Waals surface area (Å²) in [4.78, 5) is 50.3. The number of rotatable bonds is 3. The molecule has 1 saturated carbocycles. The fourth-order valence-electron chi connectivity index (χ4n) is 6.10. The van der Waals surface area contributed by atoms with Crippen LogP contribution in [0.2, 0.25) is 0 Å². The van der Waals surface area contributed by atoms with Crippen LogP contribution >= 0.6 is 0 Å². The number of epoxide rings is 1. The normalized spacial score (nSPS) is 44.1. The maximum absolute atomic E-state index is 12.9. The van der Waals surface area contributed by atoms with Crippen LogP contribution in [-0.2, 0) is 38.1 Å². The zero-order chi connectivity index (χ0) is 34.3. The number of aliphatic hydroxyl groups is 4. The van der Waals surface area contributed by atoms with E-state index >= 15 is 0 Å². The van der Waals surface area contributed by atoms with E-state index in [-0.39, 0.29) is 25.4 Å². The first kappa shape index (κ1) is 36.5. The Morgan fingerprint density at radius 2 is 1.64 bits per heavy atom. The topological polar surface area (TPSA) is 210 Å². The van der Waals surface area contributed by atoms with Gasteiger partial charge in [0.25, 0.3) is 0 Å². The summed E-state index contributed by atoms with van der Waals surface area (Å²) in [5, 5.41) is 52.6. The first-order valence-electron chi connectivity index (χ1n) is 15.9. The minimum absolute atomic E-state index is 0.121. The van der Waals surface area contributed by atoms with Crippen molar-refractivity contribution >= 4 is 23.5 Å². The predicted molar refractivity (Wildman–Crippen MR) is 164 cm³/mol. The average Bonchev–Trinajstić information content (AvgIpc) is 3.72. The molecule has 4 aliphatic rings. The van der Waals surface area contributed by atoms with Crippen molar-refractivity contribution in [3.8, 4) is 0 Å². The minimum Gasteiger partial charge on any atom is -0.481 e. The van der Waals surface area contributed by atoms with Gasteiger partial charge in [-0.05, 0) is 13.0 Å². The summed E-state index contributed by atoms with van der Waals surface area (Å²) in [6.45, 7) is 3.23. The molecule has 5 N–H and O–H groups in total. The lowest BCUT2D eigenvalue weighted by Crippen LogP contribution is -2.56. The van der Waals surface area contributed by atoms with Crippen molar-refractivity contribution in [3.63, 3.8) is 0 Å². The van der Waals surface area contributed by atoms with Crippen molar-refractivity contribution in [2.24, 2.45) is 11.8 Å². The summed E-state index contributed by atoms with van der Waals surface area (Å²) in [5.74, 6) is -7.45. The van der Waals surface area contributed by atoms with Gasteiger partial charge in [0.15, 0.2) is 11.6 Å². The van der Waals surface area contributed by atoms with E-state index in [9.17, 15) is 44.7 Å². The summed E-state index contributed by atoms with van der Waals surface area (Å²) in [6, 6.07) is 0. The van der Waals surface area contributed by atoms with Crippen molar-refractivity contribution in [3.05, 3.63) is 60.8 Å². The molecule has 258 valence electrons. The van der Waals surface area contributed by atoms with E-state index in [4.69, 9.17) is 18.9 Å². The van der Waals surface area contributed by atoms with Crippen molar-refractivity contribution in [2.45, 2.75) is 113 Å². The zero-order valence-corrected chi connectivity index (χ0v) is 26.4. The maximum Gasteiger partial charge on any atom is 0.330 e. The van der Waals surface area contributed by atoms with E-state index < -0.39 is 103 Å². The van der Waals surface area contributed by atoms with E-state index in [0.29, 0.717) is 6.42 Å². The summed E-state index contributed by atoms with van der Waals surface area (Å²) in [7, 11) is 0. The zero-order valence-electron chi connectivity index (χ0n) is 26.4. The number of ketones is 2. The van der Waals surface area contributed by atoms with E-state index in [1.807, 2.05) is 6.08 Å². The molecule has 3 aliphatic heterocycles. The standard InChI is InChI=1S/C34H44O13/c1-19-10-8-6-4-3-5-7-9-11-22(45-28-16-23(36)31(39)20(2)32(28)40)15-27-30(33(41)42)24(37)18-34(43,47-27)17-21(35)14-26-25(46-26)12-13-29(38)44-19/h3-9,11-13,19-20,22-28,30-31,36-37,39,43H,10,14-18H2,1-2H3,(H,41,42)/b4-3+,7-5+,8-6+,11-9+,13-12+/t19?,20-,22+,23?,24+,25?,26?,27?,28-,30?,31+,34?/m1/s1. The molecule has 0 aromatic rings. The number of carbonyl (C=O) groups is 4. The average molecular weight is 661 g/mol. The number of carboxylic acids is 1. The third-order valence-electron chi connectivity index (χ3n) is 8.68. The number of fused-ring (bicyclic) bond motifs is 3. The first-order valence-corrected chi connectivity index (χ1v) is 15.9. The Labute approximate surface area is 272 Å². The quantitative estimate of drug-likeness (QED) is 0.213. The van der Waals surface area contributed by atoms with Gasteiger partial charge in [0.05, 0.1) is 43.0 Å². The molecule has 0 spiro atoms. The van der Waals surface area contributed by atoms with Crippen LogP contribution in [0.15, 0.2) is 60.8 Å². The number of esters is 1. The molecule has 4 rings (SSSR count). The minimum atomic E-state index is -2.21. The van der Waals surface area contributed by atoms with E-state index in [2.05, 4.69) is 0 Å². The van der Waals surface area contributed by atoms with Crippen LogP contribution in [-0.4, -0.2) is 110 Å². The molecule has 0 aromatic carbocycles. The van der Waals surface area contributed by atoms with Gasteiger partial charge in [-0.2, -0.15) is 0 Å². The Kier molecular flexibility index (Phi) is 12.6. The molecule has 13 nitrogen and oxygen atoms in total. The van der Waals surface area contributed by atoms with Gasteiger partial charge in [0.2, 0.25) is 0 Å². The molecule has 0 amide bonds. The molecule has 0 radical (unpaired) electrons. The monoisotopic (exact) mass is 660 g/mol. The number of Topliss-reactive ketones (excluding diaryl/α,β-unsaturated/α-hetero) is 2. The number of ether oxygens (including phenoxy) is 4.